The Bertz CT molecular complexity index is 642. The number of nitrogens with zero attached hydrogens (tertiary/aromatic N) is 4. The Kier molecular flexibility index (Phi) is 4.99. The van der Waals surface area contributed by atoms with Crippen LogP contribution in [0, 0.1) is 0 Å². The summed E-state index contributed by atoms with van der Waals surface area (Å²) in [5.41, 5.74) is 2.14. The van der Waals surface area contributed by atoms with E-state index >= 15 is 0 Å². The van der Waals surface area contributed by atoms with E-state index in [-0.39, 0.29) is 6.10 Å². The third kappa shape index (κ3) is 4.14. The summed E-state index contributed by atoms with van der Waals surface area (Å²) in [7, 11) is 1.92. The Morgan fingerprint density at radius 3 is 2.87 bits per heavy atom. The summed E-state index contributed by atoms with van der Waals surface area (Å²) in [6, 6.07) is 8.12. The van der Waals surface area contributed by atoms with Crippen LogP contribution < -0.4 is 15.5 Å². The van der Waals surface area contributed by atoms with Crippen LogP contribution in [0.3, 0.4) is 0 Å². The number of aromatic nitrogens is 3. The molecule has 3 rings (SSSR count). The molecule has 1 aromatic carbocycles. The fraction of sp³-hybridized carbons (Fsp3) is 0.438. The molecule has 0 spiro atoms. The molecule has 0 amide bonds. The maximum Gasteiger partial charge on any atom is 0.231 e. The summed E-state index contributed by atoms with van der Waals surface area (Å²) in [6.07, 6.45) is 2.81. The number of nitrogens with one attached hydrogen (secondary N) is 2. The highest BCUT2D eigenvalue weighted by Gasteiger charge is 2.19. The first-order valence-electron chi connectivity index (χ1n) is 7.87. The monoisotopic (exact) mass is 314 g/mol. The minimum absolute atomic E-state index is 0.208. The molecule has 0 atom stereocenters. The summed E-state index contributed by atoms with van der Waals surface area (Å²) < 4.78 is 0. The van der Waals surface area contributed by atoms with Gasteiger partial charge in [0.2, 0.25) is 11.9 Å². The van der Waals surface area contributed by atoms with Crippen molar-refractivity contribution in [1.82, 2.24) is 20.3 Å². The molecule has 7 nitrogen and oxygen atoms in total. The largest absolute Gasteiger partial charge is 0.393 e. The molecule has 3 N–H and O–H groups in total. The van der Waals surface area contributed by atoms with Crippen molar-refractivity contribution < 1.29 is 5.11 Å². The maximum absolute atomic E-state index is 9.60. The van der Waals surface area contributed by atoms with Crippen molar-refractivity contribution in [2.45, 2.75) is 25.5 Å². The van der Waals surface area contributed by atoms with E-state index < -0.39 is 0 Å². The molecule has 23 heavy (non-hydrogen) atoms. The van der Waals surface area contributed by atoms with E-state index in [2.05, 4.69) is 42.6 Å². The summed E-state index contributed by atoms with van der Waals surface area (Å²) >= 11 is 0. The number of hydrogen-bond acceptors (Lipinski definition) is 7. The molecule has 1 aliphatic rings. The van der Waals surface area contributed by atoms with Gasteiger partial charge in [0, 0.05) is 25.3 Å². The predicted octanol–water partition coefficient (Wildman–Crippen LogP) is 1.30. The van der Waals surface area contributed by atoms with E-state index in [0.29, 0.717) is 11.9 Å². The molecular weight excluding hydrogens is 292 g/mol. The SMILES string of the molecule is CNCc1cccc(Nc2ncnc(N3CCC(O)CC3)n2)c1. The Morgan fingerprint density at radius 1 is 1.26 bits per heavy atom. The van der Waals surface area contributed by atoms with Gasteiger partial charge in [0.15, 0.2) is 0 Å². The first-order valence-corrected chi connectivity index (χ1v) is 7.87. The molecule has 1 aromatic heterocycles. The number of hydrogen-bond donors (Lipinski definition) is 3. The van der Waals surface area contributed by atoms with Crippen molar-refractivity contribution in [3.8, 4) is 0 Å². The molecular formula is C16H22N6O. The van der Waals surface area contributed by atoms with Gasteiger partial charge in [-0.25, -0.2) is 9.97 Å². The summed E-state index contributed by atoms with van der Waals surface area (Å²) in [6.45, 7) is 2.35. The van der Waals surface area contributed by atoms with Gasteiger partial charge < -0.3 is 20.6 Å². The zero-order valence-electron chi connectivity index (χ0n) is 13.2. The highest BCUT2D eigenvalue weighted by atomic mass is 16.3. The lowest BCUT2D eigenvalue weighted by atomic mass is 10.1. The Labute approximate surface area is 135 Å². The second-order valence-electron chi connectivity index (χ2n) is 5.68. The van der Waals surface area contributed by atoms with Gasteiger partial charge in [0.1, 0.15) is 6.33 Å². The molecule has 0 aliphatic carbocycles. The van der Waals surface area contributed by atoms with Gasteiger partial charge in [-0.1, -0.05) is 12.1 Å². The van der Waals surface area contributed by atoms with E-state index in [1.165, 1.54) is 11.9 Å². The molecule has 2 aromatic rings. The van der Waals surface area contributed by atoms with Gasteiger partial charge in [-0.2, -0.15) is 4.98 Å². The second kappa shape index (κ2) is 7.34. The lowest BCUT2D eigenvalue weighted by Crippen LogP contribution is -2.36. The van der Waals surface area contributed by atoms with Crippen LogP contribution in [0.5, 0.6) is 0 Å². The van der Waals surface area contributed by atoms with Gasteiger partial charge in [-0.3, -0.25) is 0 Å². The third-order valence-corrected chi connectivity index (χ3v) is 3.87. The molecule has 122 valence electrons. The van der Waals surface area contributed by atoms with Gasteiger partial charge >= 0.3 is 0 Å². The summed E-state index contributed by atoms with van der Waals surface area (Å²) in [4.78, 5) is 15.0. The molecule has 1 aliphatic heterocycles. The highest BCUT2D eigenvalue weighted by molar-refractivity contribution is 5.55. The average Bonchev–Trinajstić information content (AvgIpc) is 2.56. The molecule has 1 fully saturated rings. The Morgan fingerprint density at radius 2 is 2.09 bits per heavy atom. The van der Waals surface area contributed by atoms with Crippen LogP contribution in [-0.4, -0.2) is 46.3 Å². The number of aliphatic hydroxyl groups excluding tert-OH is 1. The molecule has 1 saturated heterocycles. The van der Waals surface area contributed by atoms with Crippen molar-refractivity contribution in [1.29, 1.82) is 0 Å². The van der Waals surface area contributed by atoms with Crippen molar-refractivity contribution >= 4 is 17.6 Å². The standard InChI is InChI=1S/C16H22N6O/c1-17-10-12-3-2-4-13(9-12)20-15-18-11-19-16(21-15)22-7-5-14(23)6-8-22/h2-4,9,11,14,17,23H,5-8,10H2,1H3,(H,18,19,20,21). The molecule has 0 saturated carbocycles. The van der Waals surface area contributed by atoms with Crippen molar-refractivity contribution in [2.75, 3.05) is 30.4 Å². The molecule has 0 bridgehead atoms. The lowest BCUT2D eigenvalue weighted by molar-refractivity contribution is 0.145. The summed E-state index contributed by atoms with van der Waals surface area (Å²) in [5.74, 6) is 1.18. The van der Waals surface area contributed by atoms with E-state index in [9.17, 15) is 5.11 Å². The van der Waals surface area contributed by atoms with Gasteiger partial charge in [0.05, 0.1) is 6.10 Å². The first kappa shape index (κ1) is 15.6. The van der Waals surface area contributed by atoms with Gasteiger partial charge in [-0.15, -0.1) is 0 Å². The predicted molar refractivity (Wildman–Crippen MR) is 89.8 cm³/mol. The van der Waals surface area contributed by atoms with Crippen LogP contribution in [-0.2, 0) is 6.54 Å². The lowest BCUT2D eigenvalue weighted by Gasteiger charge is -2.29. The fourth-order valence-electron chi connectivity index (χ4n) is 2.66. The quantitative estimate of drug-likeness (QED) is 0.767. The van der Waals surface area contributed by atoms with Gasteiger partial charge in [0.25, 0.3) is 0 Å². The molecule has 2 heterocycles. The second-order valence-corrected chi connectivity index (χ2v) is 5.68. The van der Waals surface area contributed by atoms with Crippen molar-refractivity contribution in [2.24, 2.45) is 0 Å². The van der Waals surface area contributed by atoms with Crippen LogP contribution in [0.1, 0.15) is 18.4 Å². The Hall–Kier alpha value is -2.25. The van der Waals surface area contributed by atoms with E-state index in [1.54, 1.807) is 0 Å². The van der Waals surface area contributed by atoms with Crippen LogP contribution in [0.4, 0.5) is 17.6 Å². The normalized spacial score (nSPS) is 15.7. The molecule has 0 unspecified atom stereocenters. The number of aliphatic hydroxyl groups is 1. The molecule has 7 heteroatoms. The molecule has 0 radical (unpaired) electrons. The van der Waals surface area contributed by atoms with E-state index in [4.69, 9.17) is 0 Å². The minimum atomic E-state index is -0.208. The minimum Gasteiger partial charge on any atom is -0.393 e. The smallest absolute Gasteiger partial charge is 0.231 e. The zero-order valence-corrected chi connectivity index (χ0v) is 13.2. The van der Waals surface area contributed by atoms with Crippen LogP contribution in [0.25, 0.3) is 0 Å². The number of rotatable bonds is 5. The van der Waals surface area contributed by atoms with E-state index in [1.807, 2.05) is 19.2 Å². The third-order valence-electron chi connectivity index (χ3n) is 3.87. The van der Waals surface area contributed by atoms with Crippen molar-refractivity contribution in [3.63, 3.8) is 0 Å². The number of benzene rings is 1. The number of piperidine rings is 1. The van der Waals surface area contributed by atoms with Crippen LogP contribution >= 0.6 is 0 Å². The van der Waals surface area contributed by atoms with Gasteiger partial charge in [-0.05, 0) is 37.6 Å². The summed E-state index contributed by atoms with van der Waals surface area (Å²) in [5, 5.41) is 16.0. The van der Waals surface area contributed by atoms with Crippen molar-refractivity contribution in [3.05, 3.63) is 36.2 Å². The zero-order chi connectivity index (χ0) is 16.1. The Balaban J connectivity index is 1.71. The average molecular weight is 314 g/mol. The van der Waals surface area contributed by atoms with E-state index in [0.717, 1.165) is 38.2 Å². The van der Waals surface area contributed by atoms with Crippen LogP contribution in [0.15, 0.2) is 30.6 Å². The highest BCUT2D eigenvalue weighted by Crippen LogP contribution is 2.19. The maximum atomic E-state index is 9.60. The first-order chi connectivity index (χ1) is 11.2. The topological polar surface area (TPSA) is 86.2 Å². The number of anilines is 3. The fourth-order valence-corrected chi connectivity index (χ4v) is 2.66. The van der Waals surface area contributed by atoms with Crippen LogP contribution in [0.2, 0.25) is 0 Å².